The molecule has 16 heavy (non-hydrogen) atoms. The molecule has 0 aliphatic carbocycles. The third kappa shape index (κ3) is 2.01. The maximum Gasteiger partial charge on any atom is 0.337 e. The van der Waals surface area contributed by atoms with Crippen molar-refractivity contribution in [3.63, 3.8) is 0 Å². The number of hydrogen-bond donors (Lipinski definition) is 1. The van der Waals surface area contributed by atoms with Gasteiger partial charge in [-0.3, -0.25) is 5.14 Å². The van der Waals surface area contributed by atoms with Crippen LogP contribution in [-0.2, 0) is 4.74 Å². The van der Waals surface area contributed by atoms with E-state index in [1.807, 2.05) is 6.07 Å². The Morgan fingerprint density at radius 3 is 3.12 bits per heavy atom. The van der Waals surface area contributed by atoms with Gasteiger partial charge in [-0.1, -0.05) is 18.0 Å². The monoisotopic (exact) mass is 239 g/mol. The predicted molar refractivity (Wildman–Crippen MR) is 62.4 cm³/mol. The van der Waals surface area contributed by atoms with Crippen LogP contribution < -0.4 is 9.88 Å². The molecule has 0 fully saturated rings. The molecule has 1 heterocycles. The van der Waals surface area contributed by atoms with Crippen molar-refractivity contribution >= 4 is 17.9 Å². The summed E-state index contributed by atoms with van der Waals surface area (Å²) in [4.78, 5) is 11.3. The predicted octanol–water partition coefficient (Wildman–Crippen LogP) is 1.90. The zero-order valence-corrected chi connectivity index (χ0v) is 9.75. The van der Waals surface area contributed by atoms with Crippen molar-refractivity contribution < 1.29 is 14.3 Å². The van der Waals surface area contributed by atoms with Crippen molar-refractivity contribution in [3.05, 3.63) is 29.3 Å². The molecule has 1 atom stereocenters. The summed E-state index contributed by atoms with van der Waals surface area (Å²) in [5.41, 5.74) is 1.55. The molecule has 5 heteroatoms. The van der Waals surface area contributed by atoms with Crippen molar-refractivity contribution in [2.45, 2.75) is 11.7 Å². The second-order valence-corrected chi connectivity index (χ2v) is 4.35. The lowest BCUT2D eigenvalue weighted by molar-refractivity contribution is 0.0600. The highest BCUT2D eigenvalue weighted by atomic mass is 32.2. The molecule has 1 aliphatic heterocycles. The average molecular weight is 239 g/mol. The van der Waals surface area contributed by atoms with Crippen LogP contribution >= 0.6 is 11.9 Å². The molecule has 0 radical (unpaired) electrons. The number of benzene rings is 1. The number of hydrogen-bond acceptors (Lipinski definition) is 5. The SMILES string of the molecule is COC(=O)c1ccc2c(c1)OCC[C@@H]2SN. The molecular weight excluding hydrogens is 226 g/mol. The van der Waals surface area contributed by atoms with Crippen molar-refractivity contribution in [3.8, 4) is 5.75 Å². The Morgan fingerprint density at radius 1 is 1.62 bits per heavy atom. The van der Waals surface area contributed by atoms with Gasteiger partial charge in [0.05, 0.1) is 24.5 Å². The van der Waals surface area contributed by atoms with Gasteiger partial charge in [0.25, 0.3) is 0 Å². The minimum Gasteiger partial charge on any atom is -0.493 e. The highest BCUT2D eigenvalue weighted by Gasteiger charge is 2.22. The highest BCUT2D eigenvalue weighted by Crippen LogP contribution is 2.38. The number of rotatable bonds is 2. The third-order valence-electron chi connectivity index (χ3n) is 2.58. The average Bonchev–Trinajstić information content (AvgIpc) is 2.36. The van der Waals surface area contributed by atoms with Crippen LogP contribution in [0.25, 0.3) is 0 Å². The zero-order valence-electron chi connectivity index (χ0n) is 8.93. The number of fused-ring (bicyclic) bond motifs is 1. The first kappa shape index (κ1) is 11.3. The van der Waals surface area contributed by atoms with Crippen molar-refractivity contribution in [2.75, 3.05) is 13.7 Å². The molecule has 0 saturated heterocycles. The first-order chi connectivity index (χ1) is 7.76. The second kappa shape index (κ2) is 4.76. The Hall–Kier alpha value is -1.20. The van der Waals surface area contributed by atoms with Crippen LogP contribution in [0.5, 0.6) is 5.75 Å². The highest BCUT2D eigenvalue weighted by molar-refractivity contribution is 7.97. The van der Waals surface area contributed by atoms with Gasteiger partial charge in [-0.05, 0) is 18.6 Å². The second-order valence-electron chi connectivity index (χ2n) is 3.51. The third-order valence-corrected chi connectivity index (χ3v) is 3.40. The fraction of sp³-hybridized carbons (Fsp3) is 0.364. The number of methoxy groups -OCH3 is 1. The zero-order chi connectivity index (χ0) is 11.5. The van der Waals surface area contributed by atoms with Crippen molar-refractivity contribution in [2.24, 2.45) is 5.14 Å². The quantitative estimate of drug-likeness (QED) is 0.631. The normalized spacial score (nSPS) is 18.5. The number of carbonyl (C=O) groups is 1. The lowest BCUT2D eigenvalue weighted by Gasteiger charge is -2.24. The summed E-state index contributed by atoms with van der Waals surface area (Å²) in [6, 6.07) is 5.33. The van der Waals surface area contributed by atoms with Crippen LogP contribution in [0.15, 0.2) is 18.2 Å². The van der Waals surface area contributed by atoms with Crippen LogP contribution in [0, 0.1) is 0 Å². The van der Waals surface area contributed by atoms with Gasteiger partial charge in [0.1, 0.15) is 5.75 Å². The molecule has 0 amide bonds. The maximum atomic E-state index is 11.3. The van der Waals surface area contributed by atoms with E-state index in [0.717, 1.165) is 17.7 Å². The molecule has 0 saturated carbocycles. The van der Waals surface area contributed by atoms with Crippen LogP contribution in [0.3, 0.4) is 0 Å². The number of esters is 1. The van der Waals surface area contributed by atoms with E-state index in [2.05, 4.69) is 4.74 Å². The minimum atomic E-state index is -0.353. The molecule has 4 nitrogen and oxygen atoms in total. The van der Waals surface area contributed by atoms with Gasteiger partial charge in [0, 0.05) is 5.56 Å². The molecule has 1 aliphatic rings. The van der Waals surface area contributed by atoms with E-state index >= 15 is 0 Å². The molecule has 2 rings (SSSR count). The lowest BCUT2D eigenvalue weighted by atomic mass is 10.0. The first-order valence-electron chi connectivity index (χ1n) is 4.97. The van der Waals surface area contributed by atoms with E-state index < -0.39 is 0 Å². The molecule has 2 N–H and O–H groups in total. The van der Waals surface area contributed by atoms with Gasteiger partial charge in [-0.15, -0.1) is 0 Å². The first-order valence-corrected chi connectivity index (χ1v) is 5.91. The molecule has 86 valence electrons. The van der Waals surface area contributed by atoms with Crippen LogP contribution in [0.4, 0.5) is 0 Å². The Kier molecular flexibility index (Phi) is 3.36. The van der Waals surface area contributed by atoms with Gasteiger partial charge in [-0.2, -0.15) is 0 Å². The van der Waals surface area contributed by atoms with Crippen molar-refractivity contribution in [1.29, 1.82) is 0 Å². The number of carbonyl (C=O) groups excluding carboxylic acids is 1. The van der Waals surface area contributed by atoms with Gasteiger partial charge in [0.2, 0.25) is 0 Å². The lowest BCUT2D eigenvalue weighted by Crippen LogP contribution is -2.14. The standard InChI is InChI=1S/C11H13NO3S/c1-14-11(13)7-2-3-8-9(6-7)15-5-4-10(8)16-12/h2-3,6,10H,4-5,12H2,1H3/t10-/m0/s1. The Bertz CT molecular complexity index is 408. The van der Waals surface area contributed by atoms with Gasteiger partial charge < -0.3 is 9.47 Å². The Balaban J connectivity index is 2.35. The molecule has 0 unspecified atom stereocenters. The van der Waals surface area contributed by atoms with E-state index in [1.165, 1.54) is 19.1 Å². The molecular formula is C11H13NO3S. The van der Waals surface area contributed by atoms with E-state index in [4.69, 9.17) is 9.88 Å². The summed E-state index contributed by atoms with van der Waals surface area (Å²) in [5.74, 6) is 0.381. The van der Waals surface area contributed by atoms with Crippen LogP contribution in [0.1, 0.15) is 27.6 Å². The summed E-state index contributed by atoms with van der Waals surface area (Å²) in [7, 11) is 1.36. The van der Waals surface area contributed by atoms with E-state index in [-0.39, 0.29) is 11.2 Å². The Morgan fingerprint density at radius 2 is 2.44 bits per heavy atom. The summed E-state index contributed by atoms with van der Waals surface area (Å²) >= 11 is 1.31. The maximum absolute atomic E-state index is 11.3. The molecule has 0 aromatic heterocycles. The molecule has 0 bridgehead atoms. The number of nitrogens with two attached hydrogens (primary N) is 1. The summed E-state index contributed by atoms with van der Waals surface area (Å²) < 4.78 is 10.2. The minimum absolute atomic E-state index is 0.246. The van der Waals surface area contributed by atoms with E-state index in [1.54, 1.807) is 12.1 Å². The van der Waals surface area contributed by atoms with Crippen molar-refractivity contribution in [1.82, 2.24) is 0 Å². The number of ether oxygens (including phenoxy) is 2. The Labute approximate surface area is 98.2 Å². The van der Waals surface area contributed by atoms with Crippen LogP contribution in [-0.4, -0.2) is 19.7 Å². The summed E-state index contributed by atoms with van der Waals surface area (Å²) in [6.45, 7) is 0.631. The van der Waals surface area contributed by atoms with E-state index in [9.17, 15) is 4.79 Å². The van der Waals surface area contributed by atoms with Gasteiger partial charge in [0.15, 0.2) is 0 Å². The largest absolute Gasteiger partial charge is 0.493 e. The molecule has 1 aromatic carbocycles. The van der Waals surface area contributed by atoms with Gasteiger partial charge in [-0.25, -0.2) is 4.79 Å². The summed E-state index contributed by atoms with van der Waals surface area (Å²) in [5, 5.41) is 5.86. The fourth-order valence-electron chi connectivity index (χ4n) is 1.74. The fourth-order valence-corrected chi connectivity index (χ4v) is 2.32. The topological polar surface area (TPSA) is 61.5 Å². The van der Waals surface area contributed by atoms with Crippen LogP contribution in [0.2, 0.25) is 0 Å². The van der Waals surface area contributed by atoms with Gasteiger partial charge >= 0.3 is 5.97 Å². The smallest absolute Gasteiger partial charge is 0.337 e. The molecule has 1 aromatic rings. The molecule has 0 spiro atoms. The van der Waals surface area contributed by atoms with E-state index in [0.29, 0.717) is 12.2 Å². The summed E-state index contributed by atoms with van der Waals surface area (Å²) in [6.07, 6.45) is 0.895.